The lowest BCUT2D eigenvalue weighted by Crippen LogP contribution is -2.25. The van der Waals surface area contributed by atoms with E-state index in [9.17, 15) is 27.6 Å². The maximum Gasteiger partial charge on any atom is 0.573 e. The number of nitrogens with one attached hydrogen (secondary N) is 1. The van der Waals surface area contributed by atoms with E-state index in [1.165, 1.54) is 24.3 Å². The fourth-order valence-electron chi connectivity index (χ4n) is 4.11. The normalized spacial score (nSPS) is 11.8. The number of carbonyl (C=O) groups excluding carboxylic acids is 2. The average Bonchev–Trinajstić information content (AvgIpc) is 2.97. The van der Waals surface area contributed by atoms with Crippen molar-refractivity contribution in [3.8, 4) is 22.6 Å². The summed E-state index contributed by atoms with van der Waals surface area (Å²) in [4.78, 5) is 36.1. The van der Waals surface area contributed by atoms with Gasteiger partial charge in [-0.3, -0.25) is 14.4 Å². The highest BCUT2D eigenvalue weighted by Gasteiger charge is 2.31. The minimum atomic E-state index is -4.84. The summed E-state index contributed by atoms with van der Waals surface area (Å²) in [6.45, 7) is -0.0150. The Bertz CT molecular complexity index is 1500. The molecular formula is C32H26F3NO6. The second-order valence-corrected chi connectivity index (χ2v) is 9.22. The summed E-state index contributed by atoms with van der Waals surface area (Å²) in [6, 6.07) is 28.0. The van der Waals surface area contributed by atoms with Gasteiger partial charge in [0.25, 0.3) is 5.91 Å². The van der Waals surface area contributed by atoms with Gasteiger partial charge in [0.2, 0.25) is 0 Å². The molecule has 1 unspecified atom stereocenters. The lowest BCUT2D eigenvalue weighted by Gasteiger charge is -2.20. The number of amides is 1. The van der Waals surface area contributed by atoms with Crippen molar-refractivity contribution < 1.29 is 42.1 Å². The van der Waals surface area contributed by atoms with Crippen LogP contribution in [0.4, 0.5) is 13.2 Å². The van der Waals surface area contributed by atoms with Crippen molar-refractivity contribution in [1.82, 2.24) is 5.32 Å². The number of carboxylic acid groups (broad SMARTS) is 1. The first kappa shape index (κ1) is 29.9. The van der Waals surface area contributed by atoms with Gasteiger partial charge in [0.15, 0.2) is 5.78 Å². The highest BCUT2D eigenvalue weighted by molar-refractivity contribution is 5.96. The first-order valence-corrected chi connectivity index (χ1v) is 12.9. The molecule has 7 nitrogen and oxygen atoms in total. The fraction of sp³-hybridized carbons (Fsp3) is 0.156. The van der Waals surface area contributed by atoms with Crippen molar-refractivity contribution in [3.63, 3.8) is 0 Å². The second kappa shape index (κ2) is 13.5. The van der Waals surface area contributed by atoms with Gasteiger partial charge < -0.3 is 19.9 Å². The summed E-state index contributed by atoms with van der Waals surface area (Å²) in [5.74, 6) is -1.89. The lowest BCUT2D eigenvalue weighted by atomic mass is 9.97. The molecule has 4 aromatic rings. The zero-order valence-corrected chi connectivity index (χ0v) is 22.1. The first-order chi connectivity index (χ1) is 20.1. The quantitative estimate of drug-likeness (QED) is 0.179. The van der Waals surface area contributed by atoms with Crippen molar-refractivity contribution >= 4 is 17.7 Å². The largest absolute Gasteiger partial charge is 0.573 e. The number of hydrogen-bond acceptors (Lipinski definition) is 5. The number of halogens is 3. The number of aliphatic carboxylic acids is 1. The third-order valence-corrected chi connectivity index (χ3v) is 6.19. The van der Waals surface area contributed by atoms with Gasteiger partial charge >= 0.3 is 12.3 Å². The van der Waals surface area contributed by atoms with Gasteiger partial charge in [-0.2, -0.15) is 0 Å². The summed E-state index contributed by atoms with van der Waals surface area (Å²) < 4.78 is 47.6. The van der Waals surface area contributed by atoms with Gasteiger partial charge in [0.1, 0.15) is 17.6 Å². The molecule has 0 fully saturated rings. The zero-order chi connectivity index (χ0) is 30.1. The van der Waals surface area contributed by atoms with Crippen LogP contribution in [0, 0.1) is 0 Å². The van der Waals surface area contributed by atoms with Gasteiger partial charge in [-0.15, -0.1) is 13.2 Å². The Hall–Kier alpha value is -5.12. The Morgan fingerprint density at radius 1 is 0.738 bits per heavy atom. The summed E-state index contributed by atoms with van der Waals surface area (Å²) in [5, 5.41) is 11.3. The minimum absolute atomic E-state index is 0.0150. The molecular weight excluding hydrogens is 551 g/mol. The molecule has 0 aliphatic heterocycles. The number of carbonyl (C=O) groups is 3. The third-order valence-electron chi connectivity index (χ3n) is 6.19. The molecule has 0 aliphatic rings. The average molecular weight is 578 g/mol. The highest BCUT2D eigenvalue weighted by Crippen LogP contribution is 2.30. The van der Waals surface area contributed by atoms with E-state index in [1.54, 1.807) is 12.1 Å². The van der Waals surface area contributed by atoms with Gasteiger partial charge in [0, 0.05) is 17.7 Å². The first-order valence-electron chi connectivity index (χ1n) is 12.9. The smallest absolute Gasteiger partial charge is 0.485 e. The third kappa shape index (κ3) is 8.69. The Labute approximate surface area is 239 Å². The number of Topliss-reactive ketones (excluding diaryl/α,β-unsaturated/α-hetero) is 1. The standard InChI is InChI=1S/C32H26F3NO6/c33-32(34,35)42-27-16-10-23(11-17-27)28(37)20-29(24-8-6-22(7-9-24)21-4-2-1-3-5-21)41-26-14-12-25(13-15-26)31(40)36-19-18-30(38)39/h1-17,29H,18-20H2,(H,36,40)(H,38,39). The molecule has 0 radical (unpaired) electrons. The van der Waals surface area contributed by atoms with Crippen molar-refractivity contribution in [3.05, 3.63) is 120 Å². The Morgan fingerprint density at radius 2 is 1.31 bits per heavy atom. The fourth-order valence-corrected chi connectivity index (χ4v) is 4.11. The molecule has 0 aliphatic carbocycles. The predicted molar refractivity (Wildman–Crippen MR) is 148 cm³/mol. The predicted octanol–water partition coefficient (Wildman–Crippen LogP) is 6.85. The van der Waals surface area contributed by atoms with E-state index >= 15 is 0 Å². The van der Waals surface area contributed by atoms with Crippen LogP contribution in [0.25, 0.3) is 11.1 Å². The second-order valence-electron chi connectivity index (χ2n) is 9.22. The van der Waals surface area contributed by atoms with Gasteiger partial charge in [-0.05, 0) is 65.2 Å². The SMILES string of the molecule is O=C(O)CCNC(=O)c1ccc(OC(CC(=O)c2ccc(OC(F)(F)F)cc2)c2ccc(-c3ccccc3)cc2)cc1. The number of ether oxygens (including phenoxy) is 2. The molecule has 0 aromatic heterocycles. The number of ketones is 1. The van der Waals surface area contributed by atoms with Crippen LogP contribution in [0.15, 0.2) is 103 Å². The van der Waals surface area contributed by atoms with E-state index in [4.69, 9.17) is 9.84 Å². The van der Waals surface area contributed by atoms with Crippen LogP contribution in [0.5, 0.6) is 11.5 Å². The lowest BCUT2D eigenvalue weighted by molar-refractivity contribution is -0.274. The Morgan fingerprint density at radius 3 is 1.90 bits per heavy atom. The van der Waals surface area contributed by atoms with Crippen LogP contribution >= 0.6 is 0 Å². The number of carboxylic acids is 1. The summed E-state index contributed by atoms with van der Waals surface area (Å²) in [5.41, 5.74) is 3.15. The molecule has 42 heavy (non-hydrogen) atoms. The molecule has 0 heterocycles. The molecule has 4 rings (SSSR count). The van der Waals surface area contributed by atoms with Crippen molar-refractivity contribution in [2.24, 2.45) is 0 Å². The number of benzene rings is 4. The number of hydrogen-bond donors (Lipinski definition) is 2. The van der Waals surface area contributed by atoms with Crippen LogP contribution < -0.4 is 14.8 Å². The van der Waals surface area contributed by atoms with Crippen molar-refractivity contribution in [2.45, 2.75) is 25.3 Å². The molecule has 0 spiro atoms. The molecule has 10 heteroatoms. The minimum Gasteiger partial charge on any atom is -0.485 e. The Balaban J connectivity index is 1.52. The molecule has 0 saturated carbocycles. The molecule has 0 bridgehead atoms. The van der Waals surface area contributed by atoms with Gasteiger partial charge in [-0.1, -0.05) is 54.6 Å². The Kier molecular flexibility index (Phi) is 9.59. The molecule has 1 amide bonds. The molecule has 0 saturated heterocycles. The summed E-state index contributed by atoms with van der Waals surface area (Å²) in [7, 11) is 0. The molecule has 216 valence electrons. The number of rotatable bonds is 12. The van der Waals surface area contributed by atoms with E-state index in [0.717, 1.165) is 23.3 Å². The van der Waals surface area contributed by atoms with E-state index in [-0.39, 0.29) is 30.7 Å². The topological polar surface area (TPSA) is 102 Å². The van der Waals surface area contributed by atoms with Gasteiger partial charge in [0.05, 0.1) is 12.8 Å². The van der Waals surface area contributed by atoms with E-state index in [0.29, 0.717) is 16.9 Å². The van der Waals surface area contributed by atoms with Crippen LogP contribution in [-0.2, 0) is 4.79 Å². The van der Waals surface area contributed by atoms with Crippen molar-refractivity contribution in [2.75, 3.05) is 6.54 Å². The van der Waals surface area contributed by atoms with E-state index < -0.39 is 30.1 Å². The molecule has 2 N–H and O–H groups in total. The van der Waals surface area contributed by atoms with E-state index in [1.807, 2.05) is 54.6 Å². The summed E-state index contributed by atoms with van der Waals surface area (Å²) >= 11 is 0. The number of alkyl halides is 3. The monoisotopic (exact) mass is 577 g/mol. The maximum absolute atomic E-state index is 13.2. The zero-order valence-electron chi connectivity index (χ0n) is 22.1. The highest BCUT2D eigenvalue weighted by atomic mass is 19.4. The van der Waals surface area contributed by atoms with Crippen LogP contribution in [0.1, 0.15) is 45.2 Å². The molecule has 4 aromatic carbocycles. The molecule has 1 atom stereocenters. The van der Waals surface area contributed by atoms with E-state index in [2.05, 4.69) is 10.1 Å². The van der Waals surface area contributed by atoms with Crippen molar-refractivity contribution in [1.29, 1.82) is 0 Å². The maximum atomic E-state index is 13.2. The van der Waals surface area contributed by atoms with Crippen LogP contribution in [0.3, 0.4) is 0 Å². The van der Waals surface area contributed by atoms with Gasteiger partial charge in [-0.25, -0.2) is 0 Å². The van der Waals surface area contributed by atoms with Crippen LogP contribution in [-0.4, -0.2) is 35.7 Å². The van der Waals surface area contributed by atoms with Crippen LogP contribution in [0.2, 0.25) is 0 Å². The summed E-state index contributed by atoms with van der Waals surface area (Å²) in [6.07, 6.45) is -5.93.